The fourth-order valence-corrected chi connectivity index (χ4v) is 2.20. The van der Waals surface area contributed by atoms with Crippen LogP contribution in [0.2, 0.25) is 10.0 Å². The number of rotatable bonds is 3. The third-order valence-corrected chi connectivity index (χ3v) is 3.19. The number of aromatic amines is 1. The SMILES string of the molecule is Cc1cc(OC(=O)c2ccc(Cl)cc2Cl)c([N+](=O)[O-])c(=O)[nH]1. The number of nitrogens with one attached hydrogen (secondary N) is 1. The van der Waals surface area contributed by atoms with Crippen molar-refractivity contribution in [2.45, 2.75) is 6.92 Å². The van der Waals surface area contributed by atoms with Gasteiger partial charge in [-0.2, -0.15) is 0 Å². The maximum absolute atomic E-state index is 12.1. The van der Waals surface area contributed by atoms with Crippen LogP contribution in [0.15, 0.2) is 29.1 Å². The van der Waals surface area contributed by atoms with E-state index in [-0.39, 0.29) is 10.6 Å². The molecule has 0 aliphatic carbocycles. The predicted molar refractivity (Wildman–Crippen MR) is 79.9 cm³/mol. The minimum Gasteiger partial charge on any atom is -0.415 e. The second kappa shape index (κ2) is 6.17. The summed E-state index contributed by atoms with van der Waals surface area (Å²) in [5, 5.41) is 11.3. The lowest BCUT2D eigenvalue weighted by Gasteiger charge is -2.07. The van der Waals surface area contributed by atoms with Gasteiger partial charge in [-0.3, -0.25) is 14.9 Å². The Balaban J connectivity index is 2.44. The molecule has 0 radical (unpaired) electrons. The van der Waals surface area contributed by atoms with Crippen LogP contribution in [0.4, 0.5) is 5.69 Å². The van der Waals surface area contributed by atoms with Gasteiger partial charge < -0.3 is 9.72 Å². The molecule has 7 nitrogen and oxygen atoms in total. The van der Waals surface area contributed by atoms with Crippen LogP contribution >= 0.6 is 23.2 Å². The highest BCUT2D eigenvalue weighted by Gasteiger charge is 2.24. The molecule has 0 bridgehead atoms. The fourth-order valence-electron chi connectivity index (χ4n) is 1.71. The van der Waals surface area contributed by atoms with Gasteiger partial charge in [0.05, 0.1) is 15.5 Å². The summed E-state index contributed by atoms with van der Waals surface area (Å²) in [6, 6.07) is 5.25. The summed E-state index contributed by atoms with van der Waals surface area (Å²) in [6.45, 7) is 1.50. The fraction of sp³-hybridized carbons (Fsp3) is 0.0769. The number of nitrogens with zero attached hydrogens (tertiary/aromatic N) is 1. The maximum Gasteiger partial charge on any atom is 0.376 e. The lowest BCUT2D eigenvalue weighted by molar-refractivity contribution is -0.387. The molecular weight excluding hydrogens is 335 g/mol. The highest BCUT2D eigenvalue weighted by molar-refractivity contribution is 6.36. The average Bonchev–Trinajstić information content (AvgIpc) is 2.36. The second-order valence-corrected chi connectivity index (χ2v) is 5.11. The number of carbonyl (C=O) groups excluding carboxylic acids is 1. The number of ether oxygens (including phenoxy) is 1. The summed E-state index contributed by atoms with van der Waals surface area (Å²) in [4.78, 5) is 35.9. The molecular formula is C13H8Cl2N2O5. The zero-order valence-electron chi connectivity index (χ0n) is 11.1. The van der Waals surface area contributed by atoms with Crippen molar-refractivity contribution in [2.24, 2.45) is 0 Å². The molecule has 1 heterocycles. The molecule has 0 saturated heterocycles. The molecule has 0 amide bonds. The summed E-state index contributed by atoms with van der Waals surface area (Å²) >= 11 is 11.6. The maximum atomic E-state index is 12.1. The molecule has 0 fully saturated rings. The Labute approximate surface area is 133 Å². The lowest BCUT2D eigenvalue weighted by Crippen LogP contribution is -2.17. The third kappa shape index (κ3) is 3.26. The van der Waals surface area contributed by atoms with Crippen LogP contribution in [0.3, 0.4) is 0 Å². The van der Waals surface area contributed by atoms with E-state index in [1.807, 2.05) is 0 Å². The highest BCUT2D eigenvalue weighted by atomic mass is 35.5. The number of esters is 1. The van der Waals surface area contributed by atoms with E-state index in [0.717, 1.165) is 0 Å². The van der Waals surface area contributed by atoms with Gasteiger partial charge in [0.25, 0.3) is 0 Å². The number of hydrogen-bond donors (Lipinski definition) is 1. The molecule has 0 spiro atoms. The van der Waals surface area contributed by atoms with Crippen LogP contribution in [-0.2, 0) is 0 Å². The minimum atomic E-state index is -0.963. The van der Waals surface area contributed by atoms with Crippen LogP contribution in [0.1, 0.15) is 16.1 Å². The van der Waals surface area contributed by atoms with E-state index < -0.39 is 27.9 Å². The Hall–Kier alpha value is -2.38. The van der Waals surface area contributed by atoms with E-state index in [9.17, 15) is 19.7 Å². The molecule has 2 aromatic rings. The molecule has 0 saturated carbocycles. The first-order valence-corrected chi connectivity index (χ1v) is 6.60. The first-order chi connectivity index (χ1) is 10.3. The van der Waals surface area contributed by atoms with Crippen molar-refractivity contribution in [2.75, 3.05) is 0 Å². The molecule has 9 heteroatoms. The van der Waals surface area contributed by atoms with Crippen molar-refractivity contribution in [1.82, 2.24) is 4.98 Å². The zero-order valence-corrected chi connectivity index (χ0v) is 12.6. The van der Waals surface area contributed by atoms with Crippen LogP contribution in [0.25, 0.3) is 0 Å². The van der Waals surface area contributed by atoms with Gasteiger partial charge in [0.1, 0.15) is 0 Å². The van der Waals surface area contributed by atoms with Gasteiger partial charge in [-0.05, 0) is 25.1 Å². The van der Waals surface area contributed by atoms with Gasteiger partial charge in [-0.15, -0.1) is 0 Å². The summed E-state index contributed by atoms with van der Waals surface area (Å²) in [5.41, 5.74) is -1.54. The summed E-state index contributed by atoms with van der Waals surface area (Å²) in [7, 11) is 0. The number of benzene rings is 1. The highest BCUT2D eigenvalue weighted by Crippen LogP contribution is 2.26. The second-order valence-electron chi connectivity index (χ2n) is 4.27. The number of nitro groups is 1. The normalized spacial score (nSPS) is 10.3. The molecule has 1 aromatic heterocycles. The van der Waals surface area contributed by atoms with Crippen molar-refractivity contribution in [1.29, 1.82) is 0 Å². The summed E-state index contributed by atoms with van der Waals surface area (Å²) in [5.74, 6) is -1.39. The predicted octanol–water partition coefficient (Wildman–Crippen LogP) is 3.12. The Kier molecular flexibility index (Phi) is 4.48. The molecule has 0 aliphatic rings. The molecule has 0 aliphatic heterocycles. The van der Waals surface area contributed by atoms with Gasteiger partial charge >= 0.3 is 17.2 Å². The van der Waals surface area contributed by atoms with Gasteiger partial charge in [0, 0.05) is 16.8 Å². The Morgan fingerprint density at radius 3 is 2.59 bits per heavy atom. The first kappa shape index (κ1) is 16.0. The number of halogens is 2. The Morgan fingerprint density at radius 1 is 1.32 bits per heavy atom. The minimum absolute atomic E-state index is 0.0294. The number of aromatic nitrogens is 1. The third-order valence-electron chi connectivity index (χ3n) is 2.64. The smallest absolute Gasteiger partial charge is 0.376 e. The molecule has 0 atom stereocenters. The van der Waals surface area contributed by atoms with Crippen molar-refractivity contribution in [3.63, 3.8) is 0 Å². The van der Waals surface area contributed by atoms with E-state index in [1.165, 1.54) is 31.2 Å². The van der Waals surface area contributed by atoms with E-state index in [0.29, 0.717) is 10.7 Å². The summed E-state index contributed by atoms with van der Waals surface area (Å²) < 4.78 is 4.95. The monoisotopic (exact) mass is 342 g/mol. The van der Waals surface area contributed by atoms with Crippen LogP contribution in [0.5, 0.6) is 5.75 Å². The Bertz CT molecular complexity index is 832. The van der Waals surface area contributed by atoms with E-state index in [2.05, 4.69) is 4.98 Å². The molecule has 2 rings (SSSR count). The van der Waals surface area contributed by atoms with E-state index >= 15 is 0 Å². The van der Waals surface area contributed by atoms with Gasteiger partial charge in [-0.25, -0.2) is 4.79 Å². The van der Waals surface area contributed by atoms with Crippen LogP contribution < -0.4 is 10.3 Å². The van der Waals surface area contributed by atoms with Crippen molar-refractivity contribution < 1.29 is 14.5 Å². The van der Waals surface area contributed by atoms with Gasteiger partial charge in [0.15, 0.2) is 0 Å². The number of pyridine rings is 1. The number of hydrogen-bond acceptors (Lipinski definition) is 5. The van der Waals surface area contributed by atoms with Crippen molar-refractivity contribution >= 4 is 34.9 Å². The molecule has 1 aromatic carbocycles. The Morgan fingerprint density at radius 2 is 2.00 bits per heavy atom. The molecule has 0 unspecified atom stereocenters. The van der Waals surface area contributed by atoms with Gasteiger partial charge in [0.2, 0.25) is 5.75 Å². The lowest BCUT2D eigenvalue weighted by atomic mass is 10.2. The topological polar surface area (TPSA) is 102 Å². The molecule has 1 N–H and O–H groups in total. The zero-order chi connectivity index (χ0) is 16.4. The van der Waals surface area contributed by atoms with Crippen LogP contribution in [0, 0.1) is 17.0 Å². The quantitative estimate of drug-likeness (QED) is 0.524. The number of aryl methyl sites for hydroxylation is 1. The van der Waals surface area contributed by atoms with Crippen molar-refractivity contribution in [3.05, 3.63) is 66.0 Å². The number of carbonyl (C=O) groups is 1. The van der Waals surface area contributed by atoms with E-state index in [4.69, 9.17) is 27.9 Å². The standard InChI is InChI=1S/C13H8Cl2N2O5/c1-6-4-10(11(17(20)21)12(18)16-6)22-13(19)8-3-2-7(14)5-9(8)15/h2-5H,1H3,(H,16,18). The molecule has 114 valence electrons. The first-order valence-electron chi connectivity index (χ1n) is 5.85. The number of H-pyrrole nitrogens is 1. The van der Waals surface area contributed by atoms with Crippen LogP contribution in [-0.4, -0.2) is 15.9 Å². The van der Waals surface area contributed by atoms with Crippen molar-refractivity contribution in [3.8, 4) is 5.75 Å². The summed E-state index contributed by atoms with van der Waals surface area (Å²) in [6.07, 6.45) is 0. The molecule has 22 heavy (non-hydrogen) atoms. The average molecular weight is 343 g/mol. The van der Waals surface area contributed by atoms with E-state index in [1.54, 1.807) is 0 Å². The van der Waals surface area contributed by atoms with Gasteiger partial charge in [-0.1, -0.05) is 23.2 Å². The largest absolute Gasteiger partial charge is 0.415 e.